The molecule has 2 rings (SSSR count). The summed E-state index contributed by atoms with van der Waals surface area (Å²) in [4.78, 5) is 14.4. The third-order valence-electron chi connectivity index (χ3n) is 3.81. The summed E-state index contributed by atoms with van der Waals surface area (Å²) in [5.74, 6) is 0.577. The van der Waals surface area contributed by atoms with Crippen LogP contribution in [0, 0.1) is 5.92 Å². The maximum atomic E-state index is 12.5. The Morgan fingerprint density at radius 1 is 1.44 bits per heavy atom. The maximum absolute atomic E-state index is 12.5. The van der Waals surface area contributed by atoms with Gasteiger partial charge in [-0.3, -0.25) is 4.79 Å². The second-order valence-corrected chi connectivity index (χ2v) is 5.55. The lowest BCUT2D eigenvalue weighted by Gasteiger charge is -2.20. The zero-order chi connectivity index (χ0) is 13.3. The fraction of sp³-hybridized carbons (Fsp3) is 0.643. The summed E-state index contributed by atoms with van der Waals surface area (Å²) in [5.41, 5.74) is 6.70. The first-order valence-electron chi connectivity index (χ1n) is 6.72. The van der Waals surface area contributed by atoms with Gasteiger partial charge in [0.25, 0.3) is 5.91 Å². The van der Waals surface area contributed by atoms with Crippen molar-refractivity contribution in [2.75, 3.05) is 13.1 Å². The van der Waals surface area contributed by atoms with Crippen molar-refractivity contribution in [3.63, 3.8) is 0 Å². The molecule has 1 aromatic rings. The van der Waals surface area contributed by atoms with Gasteiger partial charge in [-0.2, -0.15) is 0 Å². The molecule has 4 nitrogen and oxygen atoms in total. The molecular formula is C14H23N3O. The Hall–Kier alpha value is -1.29. The molecule has 1 aliphatic rings. The smallest absolute Gasteiger partial charge is 0.270 e. The Kier molecular flexibility index (Phi) is 3.76. The Labute approximate surface area is 109 Å². The number of hydrogen-bond acceptors (Lipinski definition) is 2. The Morgan fingerprint density at radius 3 is 2.72 bits per heavy atom. The van der Waals surface area contributed by atoms with E-state index in [0.29, 0.717) is 12.0 Å². The molecule has 2 N–H and O–H groups in total. The van der Waals surface area contributed by atoms with Crippen LogP contribution in [0.15, 0.2) is 18.3 Å². The van der Waals surface area contributed by atoms with Crippen LogP contribution in [-0.2, 0) is 0 Å². The molecule has 0 saturated carbocycles. The molecule has 0 aromatic carbocycles. The molecule has 0 bridgehead atoms. The summed E-state index contributed by atoms with van der Waals surface area (Å²) in [5, 5.41) is 0. The number of nitrogens with zero attached hydrogens (tertiary/aromatic N) is 2. The van der Waals surface area contributed by atoms with Crippen molar-refractivity contribution in [3.05, 3.63) is 24.0 Å². The Bertz CT molecular complexity index is 422. The van der Waals surface area contributed by atoms with Gasteiger partial charge in [-0.15, -0.1) is 0 Å². The molecular weight excluding hydrogens is 226 g/mol. The highest BCUT2D eigenvalue weighted by molar-refractivity contribution is 5.93. The van der Waals surface area contributed by atoms with E-state index in [-0.39, 0.29) is 11.9 Å². The number of aromatic nitrogens is 1. The summed E-state index contributed by atoms with van der Waals surface area (Å²) in [6, 6.07) is 4.32. The van der Waals surface area contributed by atoms with Crippen LogP contribution in [0.4, 0.5) is 0 Å². The summed E-state index contributed by atoms with van der Waals surface area (Å²) < 4.78 is 2.03. The van der Waals surface area contributed by atoms with Gasteiger partial charge in [0.05, 0.1) is 0 Å². The van der Waals surface area contributed by atoms with Crippen LogP contribution in [-0.4, -0.2) is 34.5 Å². The van der Waals surface area contributed by atoms with Gasteiger partial charge < -0.3 is 15.2 Å². The maximum Gasteiger partial charge on any atom is 0.270 e. The summed E-state index contributed by atoms with van der Waals surface area (Å²) >= 11 is 0. The molecule has 0 aliphatic carbocycles. The predicted octanol–water partition coefficient (Wildman–Crippen LogP) is 1.88. The fourth-order valence-electron chi connectivity index (χ4n) is 2.59. The van der Waals surface area contributed by atoms with Crippen LogP contribution in [0.25, 0.3) is 0 Å². The van der Waals surface area contributed by atoms with E-state index in [1.165, 1.54) is 0 Å². The van der Waals surface area contributed by atoms with E-state index in [2.05, 4.69) is 13.8 Å². The molecule has 4 heteroatoms. The van der Waals surface area contributed by atoms with Gasteiger partial charge in [0, 0.05) is 31.4 Å². The molecule has 18 heavy (non-hydrogen) atoms. The monoisotopic (exact) mass is 249 g/mol. The topological polar surface area (TPSA) is 51.3 Å². The van der Waals surface area contributed by atoms with Crippen LogP contribution < -0.4 is 5.73 Å². The van der Waals surface area contributed by atoms with Crippen molar-refractivity contribution in [3.8, 4) is 0 Å². The lowest BCUT2D eigenvalue weighted by molar-refractivity contribution is 0.0773. The van der Waals surface area contributed by atoms with Crippen LogP contribution in [0.3, 0.4) is 0 Å². The van der Waals surface area contributed by atoms with E-state index < -0.39 is 0 Å². The van der Waals surface area contributed by atoms with Crippen molar-refractivity contribution < 1.29 is 4.79 Å². The largest absolute Gasteiger partial charge is 0.341 e. The van der Waals surface area contributed by atoms with Crippen molar-refractivity contribution in [1.82, 2.24) is 9.47 Å². The summed E-state index contributed by atoms with van der Waals surface area (Å²) in [6.07, 6.45) is 2.99. The van der Waals surface area contributed by atoms with Gasteiger partial charge in [0.15, 0.2) is 0 Å². The van der Waals surface area contributed by atoms with Crippen LogP contribution >= 0.6 is 0 Å². The molecule has 2 heterocycles. The lowest BCUT2D eigenvalue weighted by atomic mass is 10.0. The summed E-state index contributed by atoms with van der Waals surface area (Å²) in [6.45, 7) is 7.82. The van der Waals surface area contributed by atoms with Gasteiger partial charge in [-0.1, -0.05) is 0 Å². The molecule has 1 aliphatic heterocycles. The minimum absolute atomic E-state index is 0.136. The van der Waals surface area contributed by atoms with E-state index in [4.69, 9.17) is 5.73 Å². The van der Waals surface area contributed by atoms with Crippen LogP contribution in [0.5, 0.6) is 0 Å². The standard InChI is InChI=1S/C14H23N3O/c1-10(2)17-7-4-5-13(17)14(18)16-8-6-12(9-16)11(3)15/h4-5,7,10-12H,6,8-9,15H2,1-3H3. The van der Waals surface area contributed by atoms with E-state index in [9.17, 15) is 4.79 Å². The van der Waals surface area contributed by atoms with Gasteiger partial charge in [-0.05, 0) is 45.2 Å². The van der Waals surface area contributed by atoms with E-state index in [1.54, 1.807) is 0 Å². The number of carbonyl (C=O) groups excluding carboxylic acids is 1. The number of hydrogen-bond donors (Lipinski definition) is 1. The summed E-state index contributed by atoms with van der Waals surface area (Å²) in [7, 11) is 0. The number of amides is 1. The number of carbonyl (C=O) groups is 1. The molecule has 0 spiro atoms. The highest BCUT2D eigenvalue weighted by Gasteiger charge is 2.30. The first kappa shape index (κ1) is 13.1. The lowest BCUT2D eigenvalue weighted by Crippen LogP contribution is -2.34. The quantitative estimate of drug-likeness (QED) is 0.889. The van der Waals surface area contributed by atoms with Gasteiger partial charge >= 0.3 is 0 Å². The Morgan fingerprint density at radius 2 is 2.17 bits per heavy atom. The van der Waals surface area contributed by atoms with Crippen molar-refractivity contribution >= 4 is 5.91 Å². The number of nitrogens with two attached hydrogens (primary N) is 1. The molecule has 1 saturated heterocycles. The number of likely N-dealkylation sites (tertiary alicyclic amines) is 1. The fourth-order valence-corrected chi connectivity index (χ4v) is 2.59. The third-order valence-corrected chi connectivity index (χ3v) is 3.81. The molecule has 2 unspecified atom stereocenters. The molecule has 1 aromatic heterocycles. The average molecular weight is 249 g/mol. The SMILES string of the molecule is CC(N)C1CCN(C(=O)c2cccn2C(C)C)C1. The van der Waals surface area contributed by atoms with E-state index >= 15 is 0 Å². The second kappa shape index (κ2) is 5.14. The minimum atomic E-state index is 0.136. The highest BCUT2D eigenvalue weighted by atomic mass is 16.2. The third kappa shape index (κ3) is 2.43. The van der Waals surface area contributed by atoms with E-state index in [0.717, 1.165) is 25.2 Å². The minimum Gasteiger partial charge on any atom is -0.341 e. The number of rotatable bonds is 3. The molecule has 1 amide bonds. The zero-order valence-electron chi connectivity index (χ0n) is 11.5. The van der Waals surface area contributed by atoms with Crippen molar-refractivity contribution in [2.45, 2.75) is 39.3 Å². The average Bonchev–Trinajstić information content (AvgIpc) is 2.97. The molecule has 0 radical (unpaired) electrons. The van der Waals surface area contributed by atoms with Gasteiger partial charge in [0.2, 0.25) is 0 Å². The van der Waals surface area contributed by atoms with E-state index in [1.807, 2.05) is 34.7 Å². The highest BCUT2D eigenvalue weighted by Crippen LogP contribution is 2.22. The van der Waals surface area contributed by atoms with Crippen LogP contribution in [0.2, 0.25) is 0 Å². The second-order valence-electron chi connectivity index (χ2n) is 5.55. The molecule has 2 atom stereocenters. The predicted molar refractivity (Wildman–Crippen MR) is 72.5 cm³/mol. The first-order chi connectivity index (χ1) is 8.50. The van der Waals surface area contributed by atoms with Gasteiger partial charge in [0.1, 0.15) is 5.69 Å². The normalized spacial score (nSPS) is 21.6. The van der Waals surface area contributed by atoms with Crippen LogP contribution in [0.1, 0.15) is 43.7 Å². The van der Waals surface area contributed by atoms with Crippen molar-refractivity contribution in [2.24, 2.45) is 11.7 Å². The Balaban J connectivity index is 2.11. The molecule has 1 fully saturated rings. The first-order valence-corrected chi connectivity index (χ1v) is 6.72. The van der Waals surface area contributed by atoms with Gasteiger partial charge in [-0.25, -0.2) is 0 Å². The van der Waals surface area contributed by atoms with Crippen molar-refractivity contribution in [1.29, 1.82) is 0 Å². The zero-order valence-corrected chi connectivity index (χ0v) is 11.5. The molecule has 100 valence electrons.